The van der Waals surface area contributed by atoms with Gasteiger partial charge in [-0.1, -0.05) is 18.2 Å². The van der Waals surface area contributed by atoms with Gasteiger partial charge < -0.3 is 4.74 Å². The molecule has 1 aromatic heterocycles. The average molecular weight is 263 g/mol. The summed E-state index contributed by atoms with van der Waals surface area (Å²) in [5.41, 5.74) is 1.04. The Morgan fingerprint density at radius 1 is 1.33 bits per heavy atom. The number of H-pyrrole nitrogens is 1. The van der Waals surface area contributed by atoms with Crippen LogP contribution in [0.5, 0.6) is 0 Å². The summed E-state index contributed by atoms with van der Waals surface area (Å²) < 4.78 is 7.94. The van der Waals surface area contributed by atoms with Gasteiger partial charge in [-0.15, -0.1) is 0 Å². The van der Waals surface area contributed by atoms with Crippen molar-refractivity contribution in [3.8, 4) is 5.69 Å². The highest BCUT2D eigenvalue weighted by atomic mass is 32.1. The summed E-state index contributed by atoms with van der Waals surface area (Å²) in [6.45, 7) is 3.51. The first-order valence-electron chi connectivity index (χ1n) is 6.12. The van der Waals surface area contributed by atoms with Gasteiger partial charge in [0.1, 0.15) is 5.82 Å². The van der Waals surface area contributed by atoms with Gasteiger partial charge in [0.2, 0.25) is 0 Å². The van der Waals surface area contributed by atoms with Gasteiger partial charge in [0.15, 0.2) is 4.77 Å². The smallest absolute Gasteiger partial charge is 0.199 e. The molecule has 0 unspecified atom stereocenters. The molecule has 0 bridgehead atoms. The molecule has 0 aliphatic carbocycles. The predicted molar refractivity (Wildman–Crippen MR) is 73.6 cm³/mol. The molecule has 1 heterocycles. The minimum atomic E-state index is 0.632. The summed E-state index contributed by atoms with van der Waals surface area (Å²) in [6.07, 6.45) is 1.79. The molecule has 0 fully saturated rings. The zero-order chi connectivity index (χ0) is 12.8. The quantitative estimate of drug-likeness (QED) is 0.643. The Morgan fingerprint density at radius 3 is 2.83 bits per heavy atom. The summed E-state index contributed by atoms with van der Waals surface area (Å²) in [7, 11) is 0. The van der Waals surface area contributed by atoms with Gasteiger partial charge >= 0.3 is 0 Å². The van der Waals surface area contributed by atoms with Crippen molar-refractivity contribution in [1.29, 1.82) is 0 Å². The van der Waals surface area contributed by atoms with Gasteiger partial charge in [-0.25, -0.2) is 0 Å². The second-order valence-corrected chi connectivity index (χ2v) is 4.30. The zero-order valence-corrected chi connectivity index (χ0v) is 11.2. The Morgan fingerprint density at radius 2 is 2.11 bits per heavy atom. The number of nitrogens with one attached hydrogen (secondary N) is 1. The Hall–Kier alpha value is -1.46. The van der Waals surface area contributed by atoms with Crippen molar-refractivity contribution in [3.63, 3.8) is 0 Å². The first-order chi connectivity index (χ1) is 8.83. The number of benzene rings is 1. The van der Waals surface area contributed by atoms with E-state index < -0.39 is 0 Å². The molecule has 0 radical (unpaired) electrons. The van der Waals surface area contributed by atoms with E-state index in [4.69, 9.17) is 17.0 Å². The molecular formula is C13H17N3OS. The van der Waals surface area contributed by atoms with Gasteiger partial charge in [0, 0.05) is 25.3 Å². The largest absolute Gasteiger partial charge is 0.382 e. The van der Waals surface area contributed by atoms with E-state index in [0.717, 1.165) is 37.6 Å². The molecule has 96 valence electrons. The van der Waals surface area contributed by atoms with Crippen molar-refractivity contribution in [2.45, 2.75) is 19.8 Å². The van der Waals surface area contributed by atoms with Crippen molar-refractivity contribution in [3.05, 3.63) is 40.9 Å². The van der Waals surface area contributed by atoms with Crippen LogP contribution in [-0.4, -0.2) is 28.0 Å². The summed E-state index contributed by atoms with van der Waals surface area (Å²) in [4.78, 5) is 0. The van der Waals surface area contributed by atoms with Crippen LogP contribution >= 0.6 is 12.2 Å². The lowest BCUT2D eigenvalue weighted by Crippen LogP contribution is -2.04. The average Bonchev–Trinajstić information content (AvgIpc) is 2.77. The van der Waals surface area contributed by atoms with Crippen molar-refractivity contribution in [1.82, 2.24) is 14.8 Å². The summed E-state index contributed by atoms with van der Waals surface area (Å²) >= 11 is 5.27. The number of nitrogens with zero attached hydrogens (tertiary/aromatic N) is 2. The second-order valence-electron chi connectivity index (χ2n) is 3.92. The number of aromatic nitrogens is 3. The molecule has 5 heteroatoms. The number of aromatic amines is 1. The topological polar surface area (TPSA) is 42.8 Å². The van der Waals surface area contributed by atoms with Crippen LogP contribution in [0.3, 0.4) is 0 Å². The van der Waals surface area contributed by atoms with Crippen LogP contribution in [-0.2, 0) is 11.2 Å². The molecule has 0 amide bonds. The van der Waals surface area contributed by atoms with E-state index >= 15 is 0 Å². The molecule has 0 atom stereocenters. The van der Waals surface area contributed by atoms with Crippen LogP contribution in [0.25, 0.3) is 5.69 Å². The normalized spacial score (nSPS) is 10.7. The monoisotopic (exact) mass is 263 g/mol. The second kappa shape index (κ2) is 6.47. The molecular weight excluding hydrogens is 246 g/mol. The van der Waals surface area contributed by atoms with E-state index in [-0.39, 0.29) is 0 Å². The summed E-state index contributed by atoms with van der Waals surface area (Å²) in [5.74, 6) is 0.950. The molecule has 2 aromatic rings. The van der Waals surface area contributed by atoms with Crippen molar-refractivity contribution >= 4 is 12.2 Å². The lowest BCUT2D eigenvalue weighted by molar-refractivity contribution is 0.144. The van der Waals surface area contributed by atoms with Gasteiger partial charge in [0.05, 0.1) is 0 Å². The number of ether oxygens (including phenoxy) is 1. The Labute approximate surface area is 112 Å². The minimum absolute atomic E-state index is 0.632. The van der Waals surface area contributed by atoms with E-state index in [1.807, 2.05) is 41.8 Å². The maximum Gasteiger partial charge on any atom is 0.199 e. The summed E-state index contributed by atoms with van der Waals surface area (Å²) in [5, 5.41) is 7.13. The van der Waals surface area contributed by atoms with Crippen molar-refractivity contribution in [2.24, 2.45) is 0 Å². The number of hydrogen-bond donors (Lipinski definition) is 1. The lowest BCUT2D eigenvalue weighted by Gasteiger charge is -2.06. The van der Waals surface area contributed by atoms with Gasteiger partial charge in [-0.3, -0.25) is 9.67 Å². The van der Waals surface area contributed by atoms with Gasteiger partial charge in [-0.2, -0.15) is 5.10 Å². The van der Waals surface area contributed by atoms with E-state index in [1.54, 1.807) is 0 Å². The minimum Gasteiger partial charge on any atom is -0.382 e. The van der Waals surface area contributed by atoms with Gasteiger partial charge in [0.25, 0.3) is 0 Å². The molecule has 4 nitrogen and oxygen atoms in total. The summed E-state index contributed by atoms with van der Waals surface area (Å²) in [6, 6.07) is 10.0. The standard InChI is InChI=1S/C13H17N3OS/c1-2-17-10-6-9-12-14-15-13(18)16(12)11-7-4-3-5-8-11/h3-5,7-8H,2,6,9-10H2,1H3,(H,15,18). The maximum absolute atomic E-state index is 5.33. The highest BCUT2D eigenvalue weighted by molar-refractivity contribution is 7.71. The molecule has 1 N–H and O–H groups in total. The first kappa shape index (κ1) is 13.0. The number of hydrogen-bond acceptors (Lipinski definition) is 3. The first-order valence-corrected chi connectivity index (χ1v) is 6.53. The highest BCUT2D eigenvalue weighted by Gasteiger charge is 2.07. The third kappa shape index (κ3) is 3.05. The third-order valence-electron chi connectivity index (χ3n) is 2.65. The number of aryl methyl sites for hydroxylation is 1. The van der Waals surface area contributed by atoms with Gasteiger partial charge in [-0.05, 0) is 37.7 Å². The molecule has 0 aliphatic heterocycles. The predicted octanol–water partition coefficient (Wildman–Crippen LogP) is 2.90. The van der Waals surface area contributed by atoms with Crippen LogP contribution in [0.1, 0.15) is 19.2 Å². The fourth-order valence-electron chi connectivity index (χ4n) is 1.82. The van der Waals surface area contributed by atoms with E-state index in [1.165, 1.54) is 0 Å². The molecule has 1 aromatic carbocycles. The SMILES string of the molecule is CCOCCCc1n[nH]c(=S)n1-c1ccccc1. The highest BCUT2D eigenvalue weighted by Crippen LogP contribution is 2.11. The van der Waals surface area contributed by atoms with Crippen LogP contribution in [0.4, 0.5) is 0 Å². The Kier molecular flexibility index (Phi) is 4.66. The van der Waals surface area contributed by atoms with E-state index in [0.29, 0.717) is 4.77 Å². The molecule has 0 spiro atoms. The molecule has 18 heavy (non-hydrogen) atoms. The van der Waals surface area contributed by atoms with Crippen LogP contribution in [0, 0.1) is 4.77 Å². The van der Waals surface area contributed by atoms with E-state index in [2.05, 4.69) is 10.2 Å². The third-order valence-corrected chi connectivity index (χ3v) is 2.92. The van der Waals surface area contributed by atoms with Crippen LogP contribution < -0.4 is 0 Å². The fourth-order valence-corrected chi connectivity index (χ4v) is 2.07. The molecule has 0 saturated carbocycles. The van der Waals surface area contributed by atoms with Crippen LogP contribution in [0.15, 0.2) is 30.3 Å². The van der Waals surface area contributed by atoms with Crippen molar-refractivity contribution in [2.75, 3.05) is 13.2 Å². The molecule has 2 rings (SSSR count). The zero-order valence-electron chi connectivity index (χ0n) is 10.4. The number of rotatable bonds is 6. The lowest BCUT2D eigenvalue weighted by atomic mass is 10.3. The Bertz CT molecular complexity index is 533. The molecule has 0 saturated heterocycles. The number of para-hydroxylation sites is 1. The molecule has 0 aliphatic rings. The van der Waals surface area contributed by atoms with Crippen LogP contribution in [0.2, 0.25) is 0 Å². The van der Waals surface area contributed by atoms with Crippen molar-refractivity contribution < 1.29 is 4.74 Å². The Balaban J connectivity index is 2.15. The fraction of sp³-hybridized carbons (Fsp3) is 0.385. The van der Waals surface area contributed by atoms with E-state index in [9.17, 15) is 0 Å². The maximum atomic E-state index is 5.33.